The Kier molecular flexibility index (Phi) is 6.39. The Labute approximate surface area is 84.0 Å². The van der Waals surface area contributed by atoms with Crippen LogP contribution in [0.4, 0.5) is 0 Å². The van der Waals surface area contributed by atoms with Crippen molar-refractivity contribution in [2.24, 2.45) is 5.84 Å². The minimum absolute atomic E-state index is 0.251. The monoisotopic (exact) mass is 205 g/mol. The number of ether oxygens (including phenoxy) is 1. The summed E-state index contributed by atoms with van der Waals surface area (Å²) in [5.41, 5.74) is 2.06. The number of amides is 1. The number of carbonyl (C=O) groups excluding carboxylic acids is 1. The van der Waals surface area contributed by atoms with Gasteiger partial charge in [-0.2, -0.15) is 0 Å². The molecular formula is C8H19N3O3. The van der Waals surface area contributed by atoms with Crippen LogP contribution in [0.3, 0.4) is 0 Å². The molecule has 84 valence electrons. The zero-order valence-electron chi connectivity index (χ0n) is 8.86. The number of nitrogens with one attached hydrogen (secondary N) is 1. The van der Waals surface area contributed by atoms with Crippen LogP contribution in [0.25, 0.3) is 0 Å². The summed E-state index contributed by atoms with van der Waals surface area (Å²) in [7, 11) is 3.25. The zero-order chi connectivity index (χ0) is 11.1. The van der Waals surface area contributed by atoms with E-state index in [0.29, 0.717) is 6.54 Å². The number of hydrogen-bond donors (Lipinski definition) is 3. The lowest BCUT2D eigenvalue weighted by molar-refractivity contribution is -0.126. The molecule has 0 aliphatic rings. The molecule has 6 nitrogen and oxygen atoms in total. The highest BCUT2D eigenvalue weighted by Gasteiger charge is 2.19. The van der Waals surface area contributed by atoms with Gasteiger partial charge in [-0.15, -0.1) is 0 Å². The number of carbonyl (C=O) groups is 1. The highest BCUT2D eigenvalue weighted by molar-refractivity contribution is 5.80. The Hall–Kier alpha value is -0.690. The fraction of sp³-hybridized carbons (Fsp3) is 0.875. The van der Waals surface area contributed by atoms with E-state index >= 15 is 0 Å². The van der Waals surface area contributed by atoms with Crippen molar-refractivity contribution >= 4 is 5.91 Å². The van der Waals surface area contributed by atoms with Crippen LogP contribution in [0.1, 0.15) is 6.92 Å². The SMILES string of the molecule is COCC(O)CN(C)C(C)C(=O)NN. The maximum absolute atomic E-state index is 11.1. The molecule has 2 atom stereocenters. The van der Waals surface area contributed by atoms with Gasteiger partial charge in [-0.05, 0) is 14.0 Å². The second kappa shape index (κ2) is 6.72. The number of hydrazine groups is 1. The van der Waals surface area contributed by atoms with Gasteiger partial charge in [0.1, 0.15) is 0 Å². The van der Waals surface area contributed by atoms with Gasteiger partial charge < -0.3 is 9.84 Å². The van der Waals surface area contributed by atoms with Crippen molar-refractivity contribution < 1.29 is 14.6 Å². The molecule has 0 aromatic heterocycles. The number of likely N-dealkylation sites (N-methyl/N-ethyl adjacent to an activating group) is 1. The number of aliphatic hydroxyl groups excluding tert-OH is 1. The summed E-state index contributed by atoms with van der Waals surface area (Å²) in [6.07, 6.45) is -0.599. The molecule has 0 aliphatic heterocycles. The number of methoxy groups -OCH3 is 1. The topological polar surface area (TPSA) is 87.8 Å². The molecule has 0 aliphatic carbocycles. The van der Waals surface area contributed by atoms with E-state index in [1.807, 2.05) is 0 Å². The van der Waals surface area contributed by atoms with Crippen molar-refractivity contribution in [2.45, 2.75) is 19.1 Å². The first-order chi connectivity index (χ1) is 6.52. The molecule has 0 spiro atoms. The molecule has 0 heterocycles. The van der Waals surface area contributed by atoms with E-state index in [9.17, 15) is 9.90 Å². The molecule has 0 radical (unpaired) electrons. The highest BCUT2D eigenvalue weighted by atomic mass is 16.5. The molecule has 4 N–H and O–H groups in total. The Balaban J connectivity index is 3.93. The van der Waals surface area contributed by atoms with Crippen molar-refractivity contribution in [1.82, 2.24) is 10.3 Å². The maximum Gasteiger partial charge on any atom is 0.250 e. The van der Waals surface area contributed by atoms with Gasteiger partial charge in [0.05, 0.1) is 18.8 Å². The smallest absolute Gasteiger partial charge is 0.250 e. The van der Waals surface area contributed by atoms with Gasteiger partial charge in [0.25, 0.3) is 5.91 Å². The maximum atomic E-state index is 11.1. The molecule has 6 heteroatoms. The Morgan fingerprint density at radius 1 is 1.71 bits per heavy atom. The number of rotatable bonds is 6. The van der Waals surface area contributed by atoms with E-state index in [4.69, 9.17) is 10.6 Å². The summed E-state index contributed by atoms with van der Waals surface area (Å²) in [5.74, 6) is 4.71. The van der Waals surface area contributed by atoms with Crippen LogP contribution in [0.15, 0.2) is 0 Å². The van der Waals surface area contributed by atoms with Gasteiger partial charge in [0.2, 0.25) is 0 Å². The van der Waals surface area contributed by atoms with Crippen LogP contribution in [-0.2, 0) is 9.53 Å². The molecule has 2 unspecified atom stereocenters. The average molecular weight is 205 g/mol. The lowest BCUT2D eigenvalue weighted by atomic mass is 10.2. The minimum atomic E-state index is -0.599. The van der Waals surface area contributed by atoms with Crippen LogP contribution >= 0.6 is 0 Å². The highest BCUT2D eigenvalue weighted by Crippen LogP contribution is 1.97. The minimum Gasteiger partial charge on any atom is -0.389 e. The summed E-state index contributed by atoms with van der Waals surface area (Å²) in [5, 5.41) is 9.39. The van der Waals surface area contributed by atoms with Crippen LogP contribution in [0.5, 0.6) is 0 Å². The molecule has 0 bridgehead atoms. The number of nitrogens with two attached hydrogens (primary N) is 1. The van der Waals surface area contributed by atoms with E-state index in [2.05, 4.69) is 5.43 Å². The summed E-state index contributed by atoms with van der Waals surface area (Å²) in [6.45, 7) is 2.32. The molecule has 14 heavy (non-hydrogen) atoms. The molecule has 0 rings (SSSR count). The van der Waals surface area contributed by atoms with Gasteiger partial charge in [-0.25, -0.2) is 5.84 Å². The predicted molar refractivity (Wildman–Crippen MR) is 52.3 cm³/mol. The van der Waals surface area contributed by atoms with E-state index in [0.717, 1.165) is 0 Å². The molecule has 0 saturated carbocycles. The fourth-order valence-corrected chi connectivity index (χ4v) is 1.06. The van der Waals surface area contributed by atoms with Crippen molar-refractivity contribution in [3.05, 3.63) is 0 Å². The second-order valence-electron chi connectivity index (χ2n) is 3.23. The Bertz CT molecular complexity index is 177. The van der Waals surface area contributed by atoms with E-state index in [-0.39, 0.29) is 18.6 Å². The lowest BCUT2D eigenvalue weighted by Crippen LogP contribution is -2.48. The number of aliphatic hydroxyl groups is 1. The molecule has 0 aromatic rings. The van der Waals surface area contributed by atoms with Gasteiger partial charge in [-0.3, -0.25) is 15.1 Å². The van der Waals surface area contributed by atoms with Gasteiger partial charge >= 0.3 is 0 Å². The number of nitrogens with zero attached hydrogens (tertiary/aromatic N) is 1. The summed E-state index contributed by atoms with van der Waals surface area (Å²) >= 11 is 0. The second-order valence-corrected chi connectivity index (χ2v) is 3.23. The van der Waals surface area contributed by atoms with E-state index in [1.54, 1.807) is 18.9 Å². The largest absolute Gasteiger partial charge is 0.389 e. The zero-order valence-corrected chi connectivity index (χ0v) is 8.86. The Morgan fingerprint density at radius 3 is 2.71 bits per heavy atom. The van der Waals surface area contributed by atoms with Gasteiger partial charge in [0, 0.05) is 13.7 Å². The summed E-state index contributed by atoms with van der Waals surface area (Å²) in [4.78, 5) is 12.8. The predicted octanol–water partition coefficient (Wildman–Crippen LogP) is -1.70. The lowest BCUT2D eigenvalue weighted by Gasteiger charge is -2.25. The third-order valence-corrected chi connectivity index (χ3v) is 2.04. The molecular weight excluding hydrogens is 186 g/mol. The standard InChI is InChI=1S/C8H19N3O3/c1-6(8(13)10-9)11(2)4-7(12)5-14-3/h6-7,12H,4-5,9H2,1-3H3,(H,10,13). The first-order valence-electron chi connectivity index (χ1n) is 4.40. The number of hydrogen-bond acceptors (Lipinski definition) is 5. The summed E-state index contributed by atoms with van der Waals surface area (Å²) in [6, 6.07) is -0.369. The fourth-order valence-electron chi connectivity index (χ4n) is 1.06. The van der Waals surface area contributed by atoms with Crippen molar-refractivity contribution in [3.8, 4) is 0 Å². The first-order valence-corrected chi connectivity index (χ1v) is 4.40. The Morgan fingerprint density at radius 2 is 2.29 bits per heavy atom. The van der Waals surface area contributed by atoms with Crippen LogP contribution in [0, 0.1) is 0 Å². The van der Waals surface area contributed by atoms with E-state index in [1.165, 1.54) is 7.11 Å². The van der Waals surface area contributed by atoms with Crippen LogP contribution in [0.2, 0.25) is 0 Å². The molecule has 0 aromatic carbocycles. The molecule has 1 amide bonds. The van der Waals surface area contributed by atoms with Crippen LogP contribution in [-0.4, -0.2) is 55.4 Å². The normalized spacial score (nSPS) is 15.3. The van der Waals surface area contributed by atoms with E-state index < -0.39 is 6.10 Å². The van der Waals surface area contributed by atoms with Crippen LogP contribution < -0.4 is 11.3 Å². The van der Waals surface area contributed by atoms with Crippen molar-refractivity contribution in [1.29, 1.82) is 0 Å². The molecule has 0 saturated heterocycles. The van der Waals surface area contributed by atoms with Crippen molar-refractivity contribution in [2.75, 3.05) is 27.3 Å². The van der Waals surface area contributed by atoms with Gasteiger partial charge in [0.15, 0.2) is 0 Å². The first kappa shape index (κ1) is 13.3. The summed E-state index contributed by atoms with van der Waals surface area (Å²) < 4.78 is 4.77. The van der Waals surface area contributed by atoms with Crippen molar-refractivity contribution in [3.63, 3.8) is 0 Å². The average Bonchev–Trinajstić information content (AvgIpc) is 2.15. The molecule has 0 fully saturated rings. The third-order valence-electron chi connectivity index (χ3n) is 2.04. The quantitative estimate of drug-likeness (QED) is 0.273. The van der Waals surface area contributed by atoms with Gasteiger partial charge in [-0.1, -0.05) is 0 Å². The third kappa shape index (κ3) is 4.52.